The van der Waals surface area contributed by atoms with Gasteiger partial charge in [-0.1, -0.05) is 19.1 Å². The Hall–Kier alpha value is -3.28. The molecule has 9 nitrogen and oxygen atoms in total. The number of benzene rings is 2. The van der Waals surface area contributed by atoms with Crippen molar-refractivity contribution in [2.24, 2.45) is 5.92 Å². The molecule has 4 atom stereocenters. The van der Waals surface area contributed by atoms with Gasteiger partial charge in [-0.25, -0.2) is 0 Å². The van der Waals surface area contributed by atoms with E-state index in [2.05, 4.69) is 0 Å². The molecule has 0 saturated carbocycles. The molecule has 41 heavy (non-hydrogen) atoms. The highest BCUT2D eigenvalue weighted by atomic mass is 28.4. The summed E-state index contributed by atoms with van der Waals surface area (Å²) < 4.78 is 32.8. The molecule has 11 heteroatoms. The van der Waals surface area contributed by atoms with Gasteiger partial charge in [0.2, 0.25) is 8.41 Å². The smallest absolute Gasteiger partial charge is 0.305 e. The molecule has 1 spiro atoms. The topological polar surface area (TPSA) is 106 Å². The fourth-order valence-corrected chi connectivity index (χ4v) is 9.36. The van der Waals surface area contributed by atoms with Gasteiger partial charge >= 0.3 is 5.97 Å². The molecule has 3 heterocycles. The van der Waals surface area contributed by atoms with E-state index in [4.69, 9.17) is 14.2 Å². The zero-order chi connectivity index (χ0) is 29.5. The van der Waals surface area contributed by atoms with Crippen LogP contribution in [0, 0.1) is 5.92 Å². The van der Waals surface area contributed by atoms with Gasteiger partial charge in [0.15, 0.2) is 12.2 Å². The Morgan fingerprint density at radius 3 is 2.63 bits per heavy atom. The van der Waals surface area contributed by atoms with Crippen molar-refractivity contribution < 1.29 is 37.8 Å². The van der Waals surface area contributed by atoms with Crippen molar-refractivity contribution in [2.75, 3.05) is 36.7 Å². The number of unbranched alkanes of at least 4 members (excludes halogenated alkanes) is 1. The second-order valence-corrected chi connectivity index (χ2v) is 15.3. The van der Waals surface area contributed by atoms with Crippen LogP contribution >= 0.6 is 0 Å². The Balaban J connectivity index is 1.60. The first-order valence-electron chi connectivity index (χ1n) is 14.1. The van der Waals surface area contributed by atoms with E-state index < -0.39 is 31.6 Å². The number of esters is 1. The second kappa shape index (κ2) is 11.2. The summed E-state index contributed by atoms with van der Waals surface area (Å²) in [6.45, 7) is 5.12. The van der Waals surface area contributed by atoms with Crippen LogP contribution in [0.25, 0.3) is 0 Å². The molecule has 0 aliphatic carbocycles. The number of hydrogen-bond donors (Lipinski definition) is 1. The van der Waals surface area contributed by atoms with Gasteiger partial charge in [0.25, 0.3) is 11.8 Å². The van der Waals surface area contributed by atoms with Crippen LogP contribution in [0.4, 0.5) is 21.2 Å². The number of methoxy groups -OCH3 is 1. The van der Waals surface area contributed by atoms with E-state index in [9.17, 15) is 19.5 Å². The fourth-order valence-electron chi connectivity index (χ4n) is 6.82. The van der Waals surface area contributed by atoms with Gasteiger partial charge in [0.1, 0.15) is 5.75 Å². The number of ether oxygens (including phenoxy) is 3. The SMILES string of the molecule is COC(=O)CCCCN1C(=O)[C@@]2(O[C@@H](CCO)[C@H]([Si](C)(C)F)[C@H]2C)c2cc(N3C(=O)COc4ccccc43)ccc21. The van der Waals surface area contributed by atoms with Crippen LogP contribution in [0.15, 0.2) is 42.5 Å². The number of aliphatic hydroxyl groups is 1. The summed E-state index contributed by atoms with van der Waals surface area (Å²) in [4.78, 5) is 42.4. The van der Waals surface area contributed by atoms with Gasteiger partial charge in [-0.3, -0.25) is 19.3 Å². The van der Waals surface area contributed by atoms with Crippen LogP contribution in [0.5, 0.6) is 5.75 Å². The number of aliphatic hydroxyl groups excluding tert-OH is 1. The average Bonchev–Trinajstić information content (AvgIpc) is 3.37. The zero-order valence-corrected chi connectivity index (χ0v) is 24.9. The zero-order valence-electron chi connectivity index (χ0n) is 23.9. The quantitative estimate of drug-likeness (QED) is 0.199. The second-order valence-electron chi connectivity index (χ2n) is 11.5. The molecule has 2 aromatic rings. The number of halogens is 1. The Kier molecular flexibility index (Phi) is 7.97. The van der Waals surface area contributed by atoms with E-state index in [1.54, 1.807) is 41.1 Å². The lowest BCUT2D eigenvalue weighted by Crippen LogP contribution is -2.45. The minimum Gasteiger partial charge on any atom is -0.482 e. The first-order valence-corrected chi connectivity index (χ1v) is 17.1. The lowest BCUT2D eigenvalue weighted by molar-refractivity contribution is -0.146. The number of nitrogens with zero attached hydrogens (tertiary/aromatic N) is 2. The number of anilines is 3. The first kappa shape index (κ1) is 29.2. The van der Waals surface area contributed by atoms with E-state index in [1.807, 2.05) is 31.2 Å². The van der Waals surface area contributed by atoms with E-state index >= 15 is 4.11 Å². The molecule has 2 aromatic carbocycles. The molecule has 1 saturated heterocycles. The highest BCUT2D eigenvalue weighted by Crippen LogP contribution is 2.60. The van der Waals surface area contributed by atoms with Crippen molar-refractivity contribution in [2.45, 2.75) is 62.9 Å². The lowest BCUT2D eigenvalue weighted by atomic mass is 9.82. The van der Waals surface area contributed by atoms with Gasteiger partial charge in [0.05, 0.1) is 24.6 Å². The van der Waals surface area contributed by atoms with Gasteiger partial charge < -0.3 is 28.3 Å². The summed E-state index contributed by atoms with van der Waals surface area (Å²) in [5, 5.41) is 9.81. The molecule has 3 aliphatic heterocycles. The van der Waals surface area contributed by atoms with E-state index in [1.165, 1.54) is 7.11 Å². The van der Waals surface area contributed by atoms with Crippen molar-refractivity contribution in [1.82, 2.24) is 0 Å². The molecule has 5 rings (SSSR count). The molecule has 3 aliphatic rings. The van der Waals surface area contributed by atoms with E-state index in [-0.39, 0.29) is 43.8 Å². The molecule has 0 unspecified atom stereocenters. The van der Waals surface area contributed by atoms with Gasteiger partial charge in [-0.05, 0) is 62.7 Å². The molecule has 0 bridgehead atoms. The largest absolute Gasteiger partial charge is 0.482 e. The predicted octanol–water partition coefficient (Wildman–Crippen LogP) is 4.59. The molecular formula is C30H37FN2O7Si. The van der Waals surface area contributed by atoms with Gasteiger partial charge in [-0.15, -0.1) is 0 Å². The monoisotopic (exact) mass is 584 g/mol. The maximum Gasteiger partial charge on any atom is 0.305 e. The molecular weight excluding hydrogens is 547 g/mol. The van der Waals surface area contributed by atoms with Crippen LogP contribution in [0.1, 0.15) is 38.2 Å². The average molecular weight is 585 g/mol. The molecule has 2 amide bonds. The number of hydrogen-bond acceptors (Lipinski definition) is 7. The van der Waals surface area contributed by atoms with Crippen LogP contribution in [0.2, 0.25) is 18.6 Å². The minimum absolute atomic E-state index is 0.125. The number of fused-ring (bicyclic) bond motifs is 3. The molecule has 220 valence electrons. The Morgan fingerprint density at radius 1 is 1.17 bits per heavy atom. The standard InChI is InChI=1S/C30H37FN2O7Si/c1-19-28(41(3,4)31)25(14-16-34)40-30(19)21-17-20(33-23-9-5-6-10-24(23)39-18-26(33)35)12-13-22(21)32(29(30)37)15-8-7-11-27(36)38-2/h5-6,9-10,12-13,17,19,25,28,34H,7-8,11,14-16,18H2,1-4H3/t19-,25+,28-,30+/m1/s1. The van der Waals surface area contributed by atoms with Crippen molar-refractivity contribution in [3.05, 3.63) is 48.0 Å². The molecule has 1 N–H and O–H groups in total. The molecule has 1 fully saturated rings. The van der Waals surface area contributed by atoms with Gasteiger partial charge in [0, 0.05) is 42.3 Å². The van der Waals surface area contributed by atoms with Crippen LogP contribution in [-0.4, -0.2) is 64.3 Å². The summed E-state index contributed by atoms with van der Waals surface area (Å²) in [7, 11) is -2.00. The van der Waals surface area contributed by atoms with E-state index in [0.717, 1.165) is 0 Å². The summed E-state index contributed by atoms with van der Waals surface area (Å²) in [5.74, 6) is -0.792. The maximum atomic E-state index is 15.8. The summed E-state index contributed by atoms with van der Waals surface area (Å²) in [5.41, 5.74) is 0.374. The number of para-hydroxylation sites is 2. The Labute approximate surface area is 240 Å². The Morgan fingerprint density at radius 2 is 1.93 bits per heavy atom. The normalized spacial score (nSPS) is 25.4. The summed E-state index contributed by atoms with van der Waals surface area (Å²) in [6.07, 6.45) is 0.908. The number of carbonyl (C=O) groups is 3. The van der Waals surface area contributed by atoms with Crippen molar-refractivity contribution in [1.29, 1.82) is 0 Å². The minimum atomic E-state index is -3.35. The van der Waals surface area contributed by atoms with Gasteiger partial charge in [-0.2, -0.15) is 0 Å². The van der Waals surface area contributed by atoms with Crippen molar-refractivity contribution in [3.63, 3.8) is 0 Å². The number of rotatable bonds is 9. The number of carbonyl (C=O) groups excluding carboxylic acids is 3. The first-order chi connectivity index (χ1) is 19.5. The Bertz CT molecular complexity index is 1350. The van der Waals surface area contributed by atoms with Crippen molar-refractivity contribution in [3.8, 4) is 5.75 Å². The third-order valence-electron chi connectivity index (χ3n) is 8.56. The highest BCUT2D eigenvalue weighted by molar-refractivity contribution is 6.72. The van der Waals surface area contributed by atoms with Crippen LogP contribution < -0.4 is 14.5 Å². The maximum absolute atomic E-state index is 15.8. The summed E-state index contributed by atoms with van der Waals surface area (Å²) >= 11 is 0. The van der Waals surface area contributed by atoms with Crippen LogP contribution in [0.3, 0.4) is 0 Å². The lowest BCUT2D eigenvalue weighted by Gasteiger charge is -2.32. The molecule has 0 aromatic heterocycles. The van der Waals surface area contributed by atoms with Crippen molar-refractivity contribution >= 4 is 43.3 Å². The van der Waals surface area contributed by atoms with E-state index in [0.29, 0.717) is 47.8 Å². The summed E-state index contributed by atoms with van der Waals surface area (Å²) in [6, 6.07) is 12.7. The van der Waals surface area contributed by atoms with Crippen LogP contribution in [-0.2, 0) is 29.5 Å². The third-order valence-corrected chi connectivity index (χ3v) is 11.0. The highest BCUT2D eigenvalue weighted by Gasteiger charge is 2.66. The molecule has 0 radical (unpaired) electrons. The number of amides is 2. The predicted molar refractivity (Wildman–Crippen MR) is 154 cm³/mol. The third kappa shape index (κ3) is 4.93. The fraction of sp³-hybridized carbons (Fsp3) is 0.500.